The number of nitrogens with zero attached hydrogens (tertiary/aromatic N) is 2. The summed E-state index contributed by atoms with van der Waals surface area (Å²) >= 11 is 0. The predicted molar refractivity (Wildman–Crippen MR) is 336 cm³/mol. The number of benzene rings is 6. The average Bonchev–Trinajstić information content (AvgIpc) is 3.42. The summed E-state index contributed by atoms with van der Waals surface area (Å²) < 4.78 is 0. The largest absolute Gasteiger partial charge is 4.00 e. The SMILES string of the molecule is CC(C)(C)c1cc(N=C(/C=C(\[O-])c2ccccc2)c2ccccc2)cc(C(C)(C)C)c1.CC(C)(C)c1cc(N=C(/C=C(\[O-])c2ccccc2)c2ccccc2)cc(C(C)(C)C)c1.CC[Si]([O-])(CC)CC.CC[Si]([O-])(CC)CC.[U+4]. The second-order valence-electron chi connectivity index (χ2n) is 24.5. The van der Waals surface area contributed by atoms with Gasteiger partial charge in [-0.05, 0) is 108 Å². The van der Waals surface area contributed by atoms with E-state index in [-0.39, 0.29) is 64.3 Å². The Morgan fingerprint density at radius 2 is 0.557 bits per heavy atom. The fourth-order valence-corrected chi connectivity index (χ4v) is 11.1. The zero-order valence-corrected chi connectivity index (χ0v) is 57.6. The van der Waals surface area contributed by atoms with Crippen LogP contribution in [-0.4, -0.2) is 28.1 Å². The average molecular weight is 1320 g/mol. The normalized spacial score (nSPS) is 12.9. The molecule has 0 fully saturated rings. The number of hydrogen-bond acceptors (Lipinski definition) is 6. The topological polar surface area (TPSA) is 117 Å². The van der Waals surface area contributed by atoms with Crippen LogP contribution in [-0.2, 0) is 21.7 Å². The van der Waals surface area contributed by atoms with Crippen molar-refractivity contribution in [2.75, 3.05) is 0 Å². The monoisotopic (exact) mass is 1320 g/mol. The van der Waals surface area contributed by atoms with Crippen LogP contribution in [0.1, 0.15) is 169 Å². The Balaban J connectivity index is 0.000000419. The molecule has 0 amide bonds. The van der Waals surface area contributed by atoms with E-state index in [1.807, 2.05) is 163 Å². The van der Waals surface area contributed by atoms with E-state index < -0.39 is 16.6 Å². The second-order valence-corrected chi connectivity index (χ2v) is 33.5. The number of hydrogen-bond donors (Lipinski definition) is 0. The molecule has 0 aliphatic rings. The van der Waals surface area contributed by atoms with Crippen LogP contribution in [0.3, 0.4) is 0 Å². The van der Waals surface area contributed by atoms with Gasteiger partial charge < -0.3 is 19.8 Å². The maximum absolute atomic E-state index is 12.9. The van der Waals surface area contributed by atoms with E-state index in [1.54, 1.807) is 12.2 Å². The summed E-state index contributed by atoms with van der Waals surface area (Å²) in [5.74, 6) is -0.0996. The first-order valence-electron chi connectivity index (χ1n) is 28.3. The molecule has 420 valence electrons. The van der Waals surface area contributed by atoms with Gasteiger partial charge in [-0.1, -0.05) is 306 Å². The first-order valence-corrected chi connectivity index (χ1v) is 33.4. The molecule has 0 aliphatic heterocycles. The second kappa shape index (κ2) is 32.0. The van der Waals surface area contributed by atoms with E-state index in [0.29, 0.717) is 22.6 Å². The van der Waals surface area contributed by atoms with Crippen molar-refractivity contribution in [2.45, 2.75) is 183 Å². The Labute approximate surface area is 505 Å². The molecule has 0 unspecified atom stereocenters. The summed E-state index contributed by atoms with van der Waals surface area (Å²) in [4.78, 5) is 32.7. The first-order chi connectivity index (χ1) is 36.4. The van der Waals surface area contributed by atoms with E-state index in [9.17, 15) is 19.8 Å². The molecule has 6 rings (SSSR count). The minimum Gasteiger partial charge on any atom is -0.872 e. The van der Waals surface area contributed by atoms with Crippen LogP contribution in [0.25, 0.3) is 11.5 Å². The smallest absolute Gasteiger partial charge is 0.872 e. The molecule has 79 heavy (non-hydrogen) atoms. The van der Waals surface area contributed by atoms with Crippen molar-refractivity contribution in [2.24, 2.45) is 9.98 Å². The molecule has 0 aliphatic carbocycles. The molecule has 0 atom stereocenters. The van der Waals surface area contributed by atoms with Crippen molar-refractivity contribution in [1.82, 2.24) is 0 Å². The van der Waals surface area contributed by atoms with Gasteiger partial charge in [0.05, 0.1) is 22.8 Å². The van der Waals surface area contributed by atoms with Gasteiger partial charge in [0.2, 0.25) is 0 Å². The first kappa shape index (κ1) is 70.3. The molecule has 0 saturated heterocycles. The molecular formula is C70H94N2O4Si2U. The Morgan fingerprint density at radius 1 is 0.354 bits per heavy atom. The van der Waals surface area contributed by atoms with Gasteiger partial charge in [-0.25, -0.2) is 9.98 Å². The maximum Gasteiger partial charge on any atom is 4.00 e. The minimum absolute atomic E-state index is 0. The van der Waals surface area contributed by atoms with Crippen LogP contribution >= 0.6 is 0 Å². The van der Waals surface area contributed by atoms with Crippen molar-refractivity contribution < 1.29 is 50.9 Å². The zero-order valence-electron chi connectivity index (χ0n) is 51.4. The van der Waals surface area contributed by atoms with Crippen LogP contribution in [0.15, 0.2) is 180 Å². The molecule has 0 heterocycles. The van der Waals surface area contributed by atoms with E-state index in [2.05, 4.69) is 119 Å². The Hall–Kier alpha value is -4.85. The third-order valence-corrected chi connectivity index (χ3v) is 22.2. The van der Waals surface area contributed by atoms with Gasteiger partial charge in [0.15, 0.2) is 0 Å². The fourth-order valence-electron chi connectivity index (χ4n) is 8.06. The molecule has 0 spiro atoms. The molecule has 6 aromatic rings. The zero-order chi connectivity index (χ0) is 58.5. The molecule has 0 bridgehead atoms. The minimum atomic E-state index is -1.92. The predicted octanol–water partition coefficient (Wildman–Crippen LogP) is 16.3. The molecule has 0 saturated carbocycles. The molecule has 0 N–H and O–H groups in total. The van der Waals surface area contributed by atoms with Crippen LogP contribution in [0.2, 0.25) is 36.3 Å². The van der Waals surface area contributed by atoms with Crippen molar-refractivity contribution in [3.8, 4) is 0 Å². The number of aliphatic imine (C=N–C) groups is 2. The van der Waals surface area contributed by atoms with Gasteiger partial charge >= 0.3 is 31.1 Å². The summed E-state index contributed by atoms with van der Waals surface area (Å²) in [6.45, 7) is 38.7. The molecule has 0 aromatic heterocycles. The standard InChI is InChI=1S/2C29H33NO.2C6H15OSi.U/c2*1-28(2,3)23-17-24(29(4,5)6)19-25(18-23)30-26(21-13-9-7-10-14-21)20-27(31)22-15-11-8-12-16-22;2*1-4-8(7,5-2)6-3;/h2*7-20,31H,1-6H3;2*4-6H2,1-3H3;/q;;2*-1;+4/p-2/b2*27-20-,30-26?;;;. The molecular weight excluding hydrogens is 1230 g/mol. The molecule has 6 aromatic carbocycles. The van der Waals surface area contributed by atoms with Crippen LogP contribution in [0.4, 0.5) is 11.4 Å². The Bertz CT molecular complexity index is 2580. The van der Waals surface area contributed by atoms with Crippen molar-refractivity contribution in [3.63, 3.8) is 0 Å². The summed E-state index contributed by atoms with van der Waals surface area (Å²) in [5.41, 5.74) is 11.2. The van der Waals surface area contributed by atoms with Gasteiger partial charge in [-0.2, -0.15) is 0 Å². The van der Waals surface area contributed by atoms with Crippen LogP contribution in [0, 0.1) is 31.1 Å². The van der Waals surface area contributed by atoms with Gasteiger partial charge in [0, 0.05) is 11.1 Å². The third kappa shape index (κ3) is 23.6. The van der Waals surface area contributed by atoms with Gasteiger partial charge in [0.1, 0.15) is 0 Å². The number of rotatable bonds is 14. The fraction of sp³-hybridized carbons (Fsp3) is 0.400. The van der Waals surface area contributed by atoms with Gasteiger partial charge in [-0.15, -0.1) is 0 Å². The van der Waals surface area contributed by atoms with E-state index in [4.69, 9.17) is 9.98 Å². The van der Waals surface area contributed by atoms with Crippen LogP contribution < -0.4 is 19.8 Å². The van der Waals surface area contributed by atoms with E-state index >= 15 is 0 Å². The summed E-state index contributed by atoms with van der Waals surface area (Å²) in [6.07, 6.45) is 3.29. The maximum atomic E-state index is 12.9. The van der Waals surface area contributed by atoms with Crippen molar-refractivity contribution >= 4 is 51.0 Å². The molecule has 6 nitrogen and oxygen atoms in total. The van der Waals surface area contributed by atoms with Crippen molar-refractivity contribution in [1.29, 1.82) is 0 Å². The summed E-state index contributed by atoms with van der Waals surface area (Å²) in [6, 6.07) is 57.0. The molecule has 9 heteroatoms. The van der Waals surface area contributed by atoms with E-state index in [0.717, 1.165) is 58.8 Å². The number of allylic oxidation sites excluding steroid dienone is 2. The quantitative estimate of drug-likeness (QED) is 0.0613. The Kier molecular flexibility index (Phi) is 28.4. The third-order valence-electron chi connectivity index (χ3n) is 14.5. The van der Waals surface area contributed by atoms with Crippen LogP contribution in [0.5, 0.6) is 0 Å². The Morgan fingerprint density at radius 3 is 0.734 bits per heavy atom. The summed E-state index contributed by atoms with van der Waals surface area (Å²) in [7, 11) is -3.84. The van der Waals surface area contributed by atoms with Crippen molar-refractivity contribution in [3.05, 3.63) is 214 Å². The van der Waals surface area contributed by atoms with E-state index in [1.165, 1.54) is 22.3 Å². The van der Waals surface area contributed by atoms with Gasteiger partial charge in [0.25, 0.3) is 0 Å². The summed E-state index contributed by atoms with van der Waals surface area (Å²) in [5, 5.41) is 25.9. The molecule has 0 radical (unpaired) electrons. The van der Waals surface area contributed by atoms with Gasteiger partial charge in [-0.3, -0.25) is 0 Å².